The van der Waals surface area contributed by atoms with E-state index in [9.17, 15) is 26.3 Å². The number of fused-ring (bicyclic) bond motifs is 2. The van der Waals surface area contributed by atoms with E-state index in [-0.39, 0.29) is 0 Å². The molecule has 0 saturated heterocycles. The summed E-state index contributed by atoms with van der Waals surface area (Å²) in [4.78, 5) is 3.70. The molecule has 2 heterocycles. The number of hydrogen-bond acceptors (Lipinski definition) is 2. The van der Waals surface area contributed by atoms with Gasteiger partial charge < -0.3 is 4.90 Å². The SMILES string of the molecule is C#CN1C(=CC=C2CCC(=CC=C3N(CC)c4ccc(C(F)(F)F)cc4C3(C)C)C2=[N+](c2ccccc2)c2ccccc2)C(C)(C)c2cc(C(F)(F)F)ccc21. The van der Waals surface area contributed by atoms with E-state index in [1.807, 2.05) is 114 Å². The average Bonchev–Trinajstić information content (AvgIpc) is 3.73. The maximum absolute atomic E-state index is 13.8. The molecule has 0 aromatic heterocycles. The third-order valence-electron chi connectivity index (χ3n) is 11.2. The highest BCUT2D eigenvalue weighted by Crippen LogP contribution is 2.51. The smallest absolute Gasteiger partial charge is 0.344 e. The lowest BCUT2D eigenvalue weighted by atomic mass is 9.83. The molecule has 0 radical (unpaired) electrons. The summed E-state index contributed by atoms with van der Waals surface area (Å²) >= 11 is 0. The molecule has 1 fully saturated rings. The van der Waals surface area contributed by atoms with Crippen molar-refractivity contribution in [2.75, 3.05) is 16.3 Å². The summed E-state index contributed by atoms with van der Waals surface area (Å²) in [6, 6.07) is 30.3. The molecule has 0 atom stereocenters. The van der Waals surface area contributed by atoms with Crippen molar-refractivity contribution in [3.63, 3.8) is 0 Å². The van der Waals surface area contributed by atoms with Gasteiger partial charge in [-0.25, -0.2) is 0 Å². The third-order valence-corrected chi connectivity index (χ3v) is 11.2. The van der Waals surface area contributed by atoms with Crippen LogP contribution in [-0.4, -0.2) is 12.3 Å². The molecule has 0 bridgehead atoms. The number of para-hydroxylation sites is 2. The van der Waals surface area contributed by atoms with Crippen molar-refractivity contribution < 1.29 is 26.3 Å². The zero-order valence-electron chi connectivity index (χ0n) is 31.9. The predicted octanol–water partition coefficient (Wildman–Crippen LogP) is 12.6. The molecule has 3 nitrogen and oxygen atoms in total. The van der Waals surface area contributed by atoms with Crippen LogP contribution in [-0.2, 0) is 23.2 Å². The first-order chi connectivity index (χ1) is 26.5. The molecule has 0 amide bonds. The van der Waals surface area contributed by atoms with Crippen LogP contribution in [0.4, 0.5) is 49.1 Å². The fourth-order valence-corrected chi connectivity index (χ4v) is 8.31. The van der Waals surface area contributed by atoms with Gasteiger partial charge in [0, 0.05) is 75.9 Å². The Bertz CT molecular complexity index is 2340. The van der Waals surface area contributed by atoms with Crippen molar-refractivity contribution in [1.82, 2.24) is 4.58 Å². The Hall–Kier alpha value is -5.75. The van der Waals surface area contributed by atoms with Gasteiger partial charge in [-0.1, -0.05) is 82.7 Å². The van der Waals surface area contributed by atoms with Crippen molar-refractivity contribution in [2.45, 2.75) is 70.6 Å². The van der Waals surface area contributed by atoms with E-state index in [0.29, 0.717) is 41.9 Å². The van der Waals surface area contributed by atoms with Gasteiger partial charge in [0.15, 0.2) is 0 Å². The van der Waals surface area contributed by atoms with Gasteiger partial charge in [-0.3, -0.25) is 4.90 Å². The summed E-state index contributed by atoms with van der Waals surface area (Å²) in [5.41, 5.74) is 5.83. The standard InChI is InChI=1S/C47H42F6N3/c1-7-54-39-25-23-33(46(48,49)50)29-37(39)44(3,4)41(54)27-21-31-19-20-32(43(31)56(35-15-11-9-12-16-35)36-17-13-10-14-18-36)22-28-42-45(5,6)38-30-34(47(51,52)53)24-26-40(38)55(42)8-2/h1,9-18,21-30H,8,19-20H2,2-6H3/q+1. The molecule has 1 saturated carbocycles. The number of terminal acetylenes is 1. The average molecular weight is 763 g/mol. The fraction of sp³-hybridized carbons (Fsp3) is 0.255. The number of alkyl halides is 6. The van der Waals surface area contributed by atoms with Gasteiger partial charge in [0.25, 0.3) is 0 Å². The summed E-state index contributed by atoms with van der Waals surface area (Å²) in [5, 5.41) is 0. The van der Waals surface area contributed by atoms with Crippen LogP contribution >= 0.6 is 0 Å². The normalized spacial score (nSPS) is 20.3. The van der Waals surface area contributed by atoms with E-state index in [1.165, 1.54) is 18.2 Å². The van der Waals surface area contributed by atoms with E-state index in [2.05, 4.69) is 21.6 Å². The third kappa shape index (κ3) is 6.65. The van der Waals surface area contributed by atoms with Gasteiger partial charge in [-0.05, 0) is 79.4 Å². The summed E-state index contributed by atoms with van der Waals surface area (Å²) in [6.07, 6.45) is 6.45. The molecule has 7 rings (SSSR count). The van der Waals surface area contributed by atoms with Crippen molar-refractivity contribution in [3.05, 3.63) is 166 Å². The predicted molar refractivity (Wildman–Crippen MR) is 214 cm³/mol. The minimum absolute atomic E-state index is 0.496. The molecule has 56 heavy (non-hydrogen) atoms. The highest BCUT2D eigenvalue weighted by atomic mass is 19.4. The Labute approximate surface area is 324 Å². The maximum atomic E-state index is 13.8. The number of anilines is 2. The zero-order valence-corrected chi connectivity index (χ0v) is 31.9. The highest BCUT2D eigenvalue weighted by Gasteiger charge is 2.44. The number of likely N-dealkylation sites (N-methyl/N-ethyl adjacent to an activating group) is 1. The van der Waals surface area contributed by atoms with Crippen LogP contribution < -0.4 is 14.4 Å². The minimum Gasteiger partial charge on any atom is -0.344 e. The Kier molecular flexibility index (Phi) is 9.68. The topological polar surface area (TPSA) is 9.49 Å². The molecule has 0 unspecified atom stereocenters. The van der Waals surface area contributed by atoms with Gasteiger partial charge >= 0.3 is 12.4 Å². The molecular formula is C47H42F6N3+. The largest absolute Gasteiger partial charge is 0.416 e. The Morgan fingerprint density at radius 1 is 0.643 bits per heavy atom. The minimum atomic E-state index is -4.50. The van der Waals surface area contributed by atoms with Crippen LogP contribution in [0.3, 0.4) is 0 Å². The van der Waals surface area contributed by atoms with Crippen LogP contribution in [0.1, 0.15) is 69.7 Å². The van der Waals surface area contributed by atoms with Gasteiger partial charge in [-0.15, -0.1) is 0 Å². The van der Waals surface area contributed by atoms with Crippen LogP contribution in [0.25, 0.3) is 0 Å². The van der Waals surface area contributed by atoms with E-state index < -0.39 is 34.3 Å². The van der Waals surface area contributed by atoms with Crippen LogP contribution in [0, 0.1) is 12.5 Å². The summed E-state index contributed by atoms with van der Waals surface area (Å²) in [6.45, 7) is 10.2. The van der Waals surface area contributed by atoms with E-state index >= 15 is 0 Å². The zero-order chi connectivity index (χ0) is 40.2. The lowest BCUT2D eigenvalue weighted by Crippen LogP contribution is -2.26. The van der Waals surface area contributed by atoms with E-state index in [4.69, 9.17) is 6.42 Å². The first kappa shape index (κ1) is 38.5. The number of nitrogens with zero attached hydrogens (tertiary/aromatic N) is 3. The molecule has 0 spiro atoms. The Balaban J connectivity index is 1.41. The Morgan fingerprint density at radius 3 is 1.55 bits per heavy atom. The van der Waals surface area contributed by atoms with Crippen molar-refractivity contribution in [3.8, 4) is 12.5 Å². The number of allylic oxidation sites excluding steroid dienone is 8. The number of benzene rings is 4. The second-order valence-corrected chi connectivity index (χ2v) is 15.3. The second kappa shape index (κ2) is 14.1. The van der Waals surface area contributed by atoms with Gasteiger partial charge in [0.05, 0.1) is 16.8 Å². The molecule has 3 aliphatic rings. The van der Waals surface area contributed by atoms with Crippen molar-refractivity contribution >= 4 is 28.5 Å². The lowest BCUT2D eigenvalue weighted by molar-refractivity contribution is -0.138. The summed E-state index contributed by atoms with van der Waals surface area (Å²) < 4.78 is 85.1. The maximum Gasteiger partial charge on any atom is 0.416 e. The van der Waals surface area contributed by atoms with Gasteiger partial charge in [-0.2, -0.15) is 30.9 Å². The number of hydrogen-bond donors (Lipinski definition) is 0. The van der Waals surface area contributed by atoms with Crippen LogP contribution in [0.5, 0.6) is 0 Å². The van der Waals surface area contributed by atoms with E-state index in [0.717, 1.165) is 51.7 Å². The molecule has 4 aromatic carbocycles. The molecule has 286 valence electrons. The van der Waals surface area contributed by atoms with Crippen molar-refractivity contribution in [1.29, 1.82) is 0 Å². The molecule has 4 aromatic rings. The quantitative estimate of drug-likeness (QED) is 0.114. The van der Waals surface area contributed by atoms with Gasteiger partial charge in [0.2, 0.25) is 17.1 Å². The molecule has 9 heteroatoms. The van der Waals surface area contributed by atoms with Gasteiger partial charge in [0.1, 0.15) is 0 Å². The molecule has 0 N–H and O–H groups in total. The molecule has 2 aliphatic heterocycles. The number of rotatable bonds is 5. The van der Waals surface area contributed by atoms with Crippen LogP contribution in [0.2, 0.25) is 0 Å². The summed E-state index contributed by atoms with van der Waals surface area (Å²) in [5.74, 6) is 0. The summed E-state index contributed by atoms with van der Waals surface area (Å²) in [7, 11) is 0. The first-order valence-corrected chi connectivity index (χ1v) is 18.6. The lowest BCUT2D eigenvalue weighted by Gasteiger charge is -2.26. The van der Waals surface area contributed by atoms with Crippen LogP contribution in [0.15, 0.2) is 144 Å². The van der Waals surface area contributed by atoms with E-state index in [1.54, 1.807) is 11.0 Å². The monoisotopic (exact) mass is 762 g/mol. The number of halogens is 6. The first-order valence-electron chi connectivity index (χ1n) is 18.6. The Morgan fingerprint density at radius 2 is 1.09 bits per heavy atom. The highest BCUT2D eigenvalue weighted by molar-refractivity contribution is 6.17. The van der Waals surface area contributed by atoms with Crippen molar-refractivity contribution in [2.24, 2.45) is 0 Å². The molecule has 1 aliphatic carbocycles. The fourth-order valence-electron chi connectivity index (χ4n) is 8.31. The second-order valence-electron chi connectivity index (χ2n) is 15.3. The molecular weight excluding hydrogens is 721 g/mol.